The fraction of sp³-hybridized carbons (Fsp3) is 0.148. The van der Waals surface area contributed by atoms with Crippen LogP contribution in [0.25, 0.3) is 11.3 Å². The van der Waals surface area contributed by atoms with E-state index in [1.54, 1.807) is 0 Å². The Balaban J connectivity index is 2.20. The summed E-state index contributed by atoms with van der Waals surface area (Å²) in [6, 6.07) is 31.6. The SMILES string of the molecule is CN(C)/C(=C/C(=CC(c1ccccc1)=[N+](C)C)c1ccccc1)c1ccccc1. The minimum atomic E-state index is 1.17. The highest BCUT2D eigenvalue weighted by Crippen LogP contribution is 2.24. The van der Waals surface area contributed by atoms with E-state index in [1.165, 1.54) is 33.7 Å². The zero-order valence-electron chi connectivity index (χ0n) is 17.7. The summed E-state index contributed by atoms with van der Waals surface area (Å²) in [7, 11) is 8.37. The monoisotopic (exact) mass is 381 g/mol. The minimum Gasteiger partial charge on any atom is -0.377 e. The van der Waals surface area contributed by atoms with Gasteiger partial charge in [0, 0.05) is 31.4 Å². The molecule has 146 valence electrons. The van der Waals surface area contributed by atoms with Crippen LogP contribution in [0.3, 0.4) is 0 Å². The van der Waals surface area contributed by atoms with Gasteiger partial charge in [-0.2, -0.15) is 0 Å². The quantitative estimate of drug-likeness (QED) is 0.313. The maximum absolute atomic E-state index is 2.27. The highest BCUT2D eigenvalue weighted by Gasteiger charge is 2.12. The molecule has 3 aromatic carbocycles. The van der Waals surface area contributed by atoms with Gasteiger partial charge in [0.2, 0.25) is 5.71 Å². The van der Waals surface area contributed by atoms with Gasteiger partial charge in [-0.25, -0.2) is 4.58 Å². The molecule has 0 amide bonds. The minimum absolute atomic E-state index is 1.17. The second kappa shape index (κ2) is 9.70. The average Bonchev–Trinajstić information content (AvgIpc) is 2.75. The summed E-state index contributed by atoms with van der Waals surface area (Å²) in [6.07, 6.45) is 4.55. The third-order valence-electron chi connectivity index (χ3n) is 4.79. The molecule has 0 aliphatic carbocycles. The number of allylic oxidation sites excluding steroid dienone is 3. The predicted octanol–water partition coefficient (Wildman–Crippen LogP) is 5.43. The van der Waals surface area contributed by atoms with Crippen LogP contribution in [-0.2, 0) is 0 Å². The Bertz CT molecular complexity index is 1010. The van der Waals surface area contributed by atoms with E-state index in [0.29, 0.717) is 0 Å². The molecule has 0 aliphatic rings. The molecule has 0 saturated heterocycles. The molecular formula is C27H29N2+. The first-order valence-corrected chi connectivity index (χ1v) is 9.87. The first-order chi connectivity index (χ1) is 14.1. The molecule has 0 fully saturated rings. The Hall–Kier alpha value is -3.39. The predicted molar refractivity (Wildman–Crippen MR) is 125 cm³/mol. The van der Waals surface area contributed by atoms with E-state index in [-0.39, 0.29) is 0 Å². The molecule has 0 saturated carbocycles. The van der Waals surface area contributed by atoms with Crippen LogP contribution in [0.1, 0.15) is 16.7 Å². The van der Waals surface area contributed by atoms with Gasteiger partial charge in [0.05, 0.1) is 0 Å². The molecule has 0 atom stereocenters. The van der Waals surface area contributed by atoms with Gasteiger partial charge in [-0.05, 0) is 34.9 Å². The van der Waals surface area contributed by atoms with E-state index in [1.807, 2.05) is 0 Å². The Morgan fingerprint density at radius 3 is 1.52 bits per heavy atom. The largest absolute Gasteiger partial charge is 0.377 e. The molecule has 0 N–H and O–H groups in total. The summed E-state index contributed by atoms with van der Waals surface area (Å²) in [5.74, 6) is 0. The number of benzene rings is 3. The van der Waals surface area contributed by atoms with Crippen LogP contribution in [-0.4, -0.2) is 43.4 Å². The van der Waals surface area contributed by atoms with Crippen LogP contribution >= 0.6 is 0 Å². The third kappa shape index (κ3) is 5.32. The number of rotatable bonds is 6. The molecule has 2 heteroatoms. The van der Waals surface area contributed by atoms with Crippen molar-refractivity contribution in [1.82, 2.24) is 4.90 Å². The average molecular weight is 382 g/mol. The van der Waals surface area contributed by atoms with Crippen LogP contribution < -0.4 is 0 Å². The van der Waals surface area contributed by atoms with Gasteiger partial charge in [-0.1, -0.05) is 78.9 Å². The van der Waals surface area contributed by atoms with Crippen molar-refractivity contribution in [3.8, 4) is 0 Å². The van der Waals surface area contributed by atoms with E-state index >= 15 is 0 Å². The van der Waals surface area contributed by atoms with Gasteiger partial charge in [-0.15, -0.1) is 0 Å². The lowest BCUT2D eigenvalue weighted by molar-refractivity contribution is -0.463. The fourth-order valence-electron chi connectivity index (χ4n) is 3.29. The molecule has 3 rings (SSSR count). The van der Waals surface area contributed by atoms with Crippen LogP contribution in [0, 0.1) is 0 Å². The number of hydrogen-bond acceptors (Lipinski definition) is 1. The topological polar surface area (TPSA) is 6.25 Å². The summed E-state index contributed by atoms with van der Waals surface area (Å²) in [6.45, 7) is 0. The summed E-state index contributed by atoms with van der Waals surface area (Å²) < 4.78 is 2.17. The molecular weight excluding hydrogens is 352 g/mol. The molecule has 0 aliphatic heterocycles. The van der Waals surface area contributed by atoms with Crippen molar-refractivity contribution in [3.05, 3.63) is 120 Å². The van der Waals surface area contributed by atoms with Crippen molar-refractivity contribution in [2.75, 3.05) is 28.2 Å². The van der Waals surface area contributed by atoms with Gasteiger partial charge < -0.3 is 4.90 Å². The molecule has 0 aromatic heterocycles. The Morgan fingerprint density at radius 2 is 1.07 bits per heavy atom. The smallest absolute Gasteiger partial charge is 0.207 e. The molecule has 29 heavy (non-hydrogen) atoms. The van der Waals surface area contributed by atoms with Crippen LogP contribution in [0.2, 0.25) is 0 Å². The summed E-state index contributed by atoms with van der Waals surface area (Å²) >= 11 is 0. The van der Waals surface area contributed by atoms with Crippen molar-refractivity contribution in [1.29, 1.82) is 0 Å². The lowest BCUT2D eigenvalue weighted by atomic mass is 9.98. The van der Waals surface area contributed by atoms with E-state index in [2.05, 4.69) is 141 Å². The maximum atomic E-state index is 2.27. The first-order valence-electron chi connectivity index (χ1n) is 9.87. The first kappa shape index (κ1) is 20.3. The lowest BCUT2D eigenvalue weighted by Crippen LogP contribution is -2.13. The van der Waals surface area contributed by atoms with Gasteiger partial charge in [0.1, 0.15) is 14.1 Å². The van der Waals surface area contributed by atoms with Crippen molar-refractivity contribution in [3.63, 3.8) is 0 Å². The molecule has 0 unspecified atom stereocenters. The molecule has 0 spiro atoms. The van der Waals surface area contributed by atoms with Crippen LogP contribution in [0.15, 0.2) is 103 Å². The second-order valence-corrected chi connectivity index (χ2v) is 7.40. The number of hydrogen-bond donors (Lipinski definition) is 0. The summed E-state index contributed by atoms with van der Waals surface area (Å²) in [5, 5.41) is 0. The summed E-state index contributed by atoms with van der Waals surface area (Å²) in [5.41, 5.74) is 7.11. The summed E-state index contributed by atoms with van der Waals surface area (Å²) in [4.78, 5) is 2.17. The molecule has 0 radical (unpaired) electrons. The number of nitrogens with zero attached hydrogens (tertiary/aromatic N) is 2. The Labute approximate surface area is 174 Å². The molecule has 0 heterocycles. The van der Waals surface area contributed by atoms with Gasteiger partial charge >= 0.3 is 0 Å². The van der Waals surface area contributed by atoms with Crippen LogP contribution in [0.5, 0.6) is 0 Å². The van der Waals surface area contributed by atoms with Crippen molar-refractivity contribution in [2.45, 2.75) is 0 Å². The van der Waals surface area contributed by atoms with Crippen LogP contribution in [0.4, 0.5) is 0 Å². The van der Waals surface area contributed by atoms with E-state index in [0.717, 1.165) is 0 Å². The normalized spacial score (nSPS) is 11.9. The zero-order chi connectivity index (χ0) is 20.6. The van der Waals surface area contributed by atoms with E-state index < -0.39 is 0 Å². The standard InChI is InChI=1S/C27H29N2/c1-28(2)26(23-16-10-6-11-17-23)20-25(22-14-8-5-9-15-22)21-27(29(3)4)24-18-12-7-13-19-24/h5-21H,1-4H3/q+1. The Morgan fingerprint density at radius 1 is 0.621 bits per heavy atom. The van der Waals surface area contributed by atoms with Gasteiger partial charge in [0.15, 0.2) is 0 Å². The third-order valence-corrected chi connectivity index (χ3v) is 4.79. The molecule has 3 aromatic rings. The van der Waals surface area contributed by atoms with Crippen molar-refractivity contribution < 1.29 is 4.58 Å². The zero-order valence-corrected chi connectivity index (χ0v) is 17.7. The van der Waals surface area contributed by atoms with E-state index in [4.69, 9.17) is 0 Å². The van der Waals surface area contributed by atoms with Gasteiger partial charge in [0.25, 0.3) is 0 Å². The lowest BCUT2D eigenvalue weighted by Gasteiger charge is -2.19. The second-order valence-electron chi connectivity index (χ2n) is 7.40. The maximum Gasteiger partial charge on any atom is 0.207 e. The Kier molecular flexibility index (Phi) is 6.80. The highest BCUT2D eigenvalue weighted by molar-refractivity contribution is 6.10. The van der Waals surface area contributed by atoms with Crippen molar-refractivity contribution >= 4 is 17.0 Å². The van der Waals surface area contributed by atoms with Crippen molar-refractivity contribution in [2.24, 2.45) is 0 Å². The van der Waals surface area contributed by atoms with Gasteiger partial charge in [-0.3, -0.25) is 0 Å². The van der Waals surface area contributed by atoms with E-state index in [9.17, 15) is 0 Å². The highest BCUT2D eigenvalue weighted by atomic mass is 15.1. The molecule has 0 bridgehead atoms. The molecule has 2 nitrogen and oxygen atoms in total. The fourth-order valence-corrected chi connectivity index (χ4v) is 3.29.